The molecule has 0 amide bonds. The number of hydrogen-bond acceptors (Lipinski definition) is 7. The third kappa shape index (κ3) is 7.45. The van der Waals surface area contributed by atoms with Crippen molar-refractivity contribution in [2.45, 2.75) is 79.5 Å². The van der Waals surface area contributed by atoms with Gasteiger partial charge in [-0.2, -0.15) is 0 Å². The van der Waals surface area contributed by atoms with E-state index in [9.17, 15) is 9.59 Å². The van der Waals surface area contributed by atoms with Gasteiger partial charge in [0.1, 0.15) is 17.0 Å². The highest BCUT2D eigenvalue weighted by molar-refractivity contribution is 6.18. The van der Waals surface area contributed by atoms with Crippen LogP contribution in [0.3, 0.4) is 0 Å². The molecule has 1 heterocycles. The number of esters is 1. The van der Waals surface area contributed by atoms with Gasteiger partial charge < -0.3 is 19.1 Å². The van der Waals surface area contributed by atoms with E-state index >= 15 is 0 Å². The Hall–Kier alpha value is -3.45. The number of carbonyl (C=O) groups is 2. The molecule has 0 spiro atoms. The molecular weight excluding hydrogens is 516 g/mol. The molecule has 222 valence electrons. The lowest BCUT2D eigenvalue weighted by atomic mass is 9.76. The summed E-state index contributed by atoms with van der Waals surface area (Å²) in [7, 11) is 1.57. The largest absolute Gasteiger partial charge is 0.494 e. The summed E-state index contributed by atoms with van der Waals surface area (Å²) < 4.78 is 17.0. The fourth-order valence-electron chi connectivity index (χ4n) is 5.86. The number of benzene rings is 1. The lowest BCUT2D eigenvalue weighted by molar-refractivity contribution is -0.140. The topological polar surface area (TPSA) is 88.9 Å². The van der Waals surface area contributed by atoms with Crippen LogP contribution in [-0.2, 0) is 30.4 Å². The van der Waals surface area contributed by atoms with E-state index in [1.165, 1.54) is 0 Å². The third-order valence-corrected chi connectivity index (χ3v) is 8.11. The molecule has 41 heavy (non-hydrogen) atoms. The standard InChI is InChI=1S/C34H46N2O5/c1-8-23(4)31(25-17-14-18-29(39-7)32(25)35)27-19-28(37)26(33(38)41-10-3)20-36(27)30(9-2)34(5,6)22-40-21-24-15-12-11-13-16-24/h11-18,20,23,27,30,35H,8-10,19,21-22H2,1-7H3/b31-25+,35-32?. The molecule has 3 unspecified atom stereocenters. The summed E-state index contributed by atoms with van der Waals surface area (Å²) in [5, 5.41) is 8.93. The van der Waals surface area contributed by atoms with E-state index in [4.69, 9.17) is 19.6 Å². The Kier molecular flexibility index (Phi) is 11.3. The Morgan fingerprint density at radius 3 is 2.46 bits per heavy atom. The van der Waals surface area contributed by atoms with Gasteiger partial charge in [-0.25, -0.2) is 4.79 Å². The van der Waals surface area contributed by atoms with E-state index in [1.807, 2.05) is 42.5 Å². The van der Waals surface area contributed by atoms with Gasteiger partial charge in [0.15, 0.2) is 5.78 Å². The van der Waals surface area contributed by atoms with E-state index in [-0.39, 0.29) is 47.8 Å². The van der Waals surface area contributed by atoms with Crippen molar-refractivity contribution < 1.29 is 23.8 Å². The lowest BCUT2D eigenvalue weighted by Gasteiger charge is -2.48. The van der Waals surface area contributed by atoms with Crippen LogP contribution in [0.2, 0.25) is 0 Å². The van der Waals surface area contributed by atoms with Gasteiger partial charge in [0.05, 0.1) is 33.0 Å². The average Bonchev–Trinajstić information content (AvgIpc) is 2.95. The summed E-state index contributed by atoms with van der Waals surface area (Å²) in [6, 6.07) is 9.67. The van der Waals surface area contributed by atoms with Gasteiger partial charge in [-0.3, -0.25) is 10.2 Å². The Bertz CT molecular complexity index is 1220. The highest BCUT2D eigenvalue weighted by atomic mass is 16.5. The minimum absolute atomic E-state index is 0.0698. The van der Waals surface area contributed by atoms with Crippen molar-refractivity contribution in [1.82, 2.24) is 4.90 Å². The molecule has 0 aromatic heterocycles. The molecule has 7 heteroatoms. The maximum Gasteiger partial charge on any atom is 0.343 e. The predicted molar refractivity (Wildman–Crippen MR) is 162 cm³/mol. The smallest absolute Gasteiger partial charge is 0.343 e. The number of Topliss-reactive ketones (excluding diaryl/α,β-unsaturated/α-hetero) is 1. The normalized spacial score (nSPS) is 20.3. The number of ketones is 1. The van der Waals surface area contributed by atoms with Crippen molar-refractivity contribution in [3.05, 3.63) is 82.8 Å². The summed E-state index contributed by atoms with van der Waals surface area (Å²) in [4.78, 5) is 28.6. The van der Waals surface area contributed by atoms with Crippen LogP contribution < -0.4 is 0 Å². The first-order valence-corrected chi connectivity index (χ1v) is 14.7. The minimum atomic E-state index is -0.596. The number of nitrogens with zero attached hydrogens (tertiary/aromatic N) is 1. The summed E-state index contributed by atoms with van der Waals surface area (Å²) in [5.41, 5.74) is 2.91. The van der Waals surface area contributed by atoms with Crippen LogP contribution in [0.25, 0.3) is 0 Å². The van der Waals surface area contributed by atoms with Gasteiger partial charge in [-0.15, -0.1) is 0 Å². The van der Waals surface area contributed by atoms with Gasteiger partial charge in [-0.05, 0) is 42.9 Å². The summed E-state index contributed by atoms with van der Waals surface area (Å²) >= 11 is 0. The summed E-state index contributed by atoms with van der Waals surface area (Å²) in [5.74, 6) is -0.269. The van der Waals surface area contributed by atoms with E-state index in [0.29, 0.717) is 24.7 Å². The van der Waals surface area contributed by atoms with E-state index in [0.717, 1.165) is 29.6 Å². The Morgan fingerprint density at radius 1 is 1.15 bits per heavy atom. The van der Waals surface area contributed by atoms with Gasteiger partial charge in [-0.1, -0.05) is 77.1 Å². The fourth-order valence-corrected chi connectivity index (χ4v) is 5.86. The van der Waals surface area contributed by atoms with Crippen LogP contribution >= 0.6 is 0 Å². The number of carbonyl (C=O) groups excluding carboxylic acids is 2. The average molecular weight is 563 g/mol. The first-order valence-electron chi connectivity index (χ1n) is 14.7. The van der Waals surface area contributed by atoms with E-state index < -0.39 is 5.97 Å². The molecule has 2 aliphatic rings. The molecule has 0 saturated heterocycles. The van der Waals surface area contributed by atoms with E-state index in [1.54, 1.807) is 26.3 Å². The molecule has 3 atom stereocenters. The van der Waals surface area contributed by atoms with Crippen molar-refractivity contribution in [2.24, 2.45) is 11.3 Å². The zero-order valence-corrected chi connectivity index (χ0v) is 25.7. The second-order valence-electron chi connectivity index (χ2n) is 11.4. The lowest BCUT2D eigenvalue weighted by Crippen LogP contribution is -2.53. The van der Waals surface area contributed by atoms with Crippen molar-refractivity contribution >= 4 is 17.5 Å². The zero-order valence-electron chi connectivity index (χ0n) is 25.7. The molecule has 7 nitrogen and oxygen atoms in total. The molecule has 0 saturated carbocycles. The van der Waals surface area contributed by atoms with Crippen LogP contribution in [0, 0.1) is 16.7 Å². The first kappa shape index (κ1) is 32.1. The molecule has 1 N–H and O–H groups in total. The predicted octanol–water partition coefficient (Wildman–Crippen LogP) is 6.56. The van der Waals surface area contributed by atoms with Crippen molar-refractivity contribution in [3.8, 4) is 0 Å². The summed E-state index contributed by atoms with van der Waals surface area (Å²) in [6.07, 6.45) is 9.05. The molecular formula is C34H46N2O5. The molecule has 0 bridgehead atoms. The maximum absolute atomic E-state index is 13.5. The van der Waals surface area contributed by atoms with Gasteiger partial charge >= 0.3 is 5.97 Å². The second kappa shape index (κ2) is 14.4. The fraction of sp³-hybridized carbons (Fsp3) is 0.500. The highest BCUT2D eigenvalue weighted by Crippen LogP contribution is 2.40. The highest BCUT2D eigenvalue weighted by Gasteiger charge is 2.43. The Labute approximate surface area is 245 Å². The first-order chi connectivity index (χ1) is 19.6. The van der Waals surface area contributed by atoms with Gasteiger partial charge in [0.2, 0.25) is 0 Å². The molecule has 1 aromatic rings. The Morgan fingerprint density at radius 2 is 1.85 bits per heavy atom. The quantitative estimate of drug-likeness (QED) is 0.216. The SMILES string of the molecule is CCOC(=O)C1=CN(C(CC)C(C)(C)COCc2ccccc2)C(/C(=C2\C=CC=C(OC)C2=N)C(C)CC)CC1=O. The second-order valence-corrected chi connectivity index (χ2v) is 11.4. The van der Waals surface area contributed by atoms with Crippen molar-refractivity contribution in [1.29, 1.82) is 5.41 Å². The van der Waals surface area contributed by atoms with Gasteiger partial charge in [0, 0.05) is 29.7 Å². The zero-order chi connectivity index (χ0) is 30.2. The van der Waals surface area contributed by atoms with Crippen LogP contribution in [0.5, 0.6) is 0 Å². The van der Waals surface area contributed by atoms with Crippen LogP contribution in [-0.4, -0.2) is 54.8 Å². The van der Waals surface area contributed by atoms with Gasteiger partial charge in [0.25, 0.3) is 0 Å². The Balaban J connectivity index is 2.10. The van der Waals surface area contributed by atoms with E-state index in [2.05, 4.69) is 39.5 Å². The van der Waals surface area contributed by atoms with Crippen molar-refractivity contribution in [3.63, 3.8) is 0 Å². The minimum Gasteiger partial charge on any atom is -0.494 e. The maximum atomic E-state index is 13.5. The van der Waals surface area contributed by atoms with Crippen LogP contribution in [0.15, 0.2) is 77.2 Å². The molecule has 1 aliphatic heterocycles. The van der Waals surface area contributed by atoms with Crippen LogP contribution in [0.4, 0.5) is 0 Å². The summed E-state index contributed by atoms with van der Waals surface area (Å²) in [6.45, 7) is 13.6. The number of rotatable bonds is 13. The number of nitrogens with one attached hydrogen (secondary N) is 1. The number of hydrogen-bond donors (Lipinski definition) is 1. The monoisotopic (exact) mass is 562 g/mol. The number of ether oxygens (including phenoxy) is 3. The number of allylic oxidation sites excluding steroid dienone is 4. The molecule has 1 aliphatic carbocycles. The number of methoxy groups -OCH3 is 1. The third-order valence-electron chi connectivity index (χ3n) is 8.11. The molecule has 0 radical (unpaired) electrons. The van der Waals surface area contributed by atoms with Crippen molar-refractivity contribution in [2.75, 3.05) is 20.3 Å². The molecule has 1 aromatic carbocycles. The van der Waals surface area contributed by atoms with Crippen LogP contribution in [0.1, 0.15) is 66.4 Å². The molecule has 0 fully saturated rings. The molecule has 3 rings (SSSR count).